The standard InChI is InChI=1S/C12H9BrN8O/c13-11-1-9(3-18-20-5-14-15-6-20)12(22)10(2-11)4-19-21-7-16-17-8-21/h1-8,22H/b18-3+,19-4+. The summed E-state index contributed by atoms with van der Waals surface area (Å²) in [6.45, 7) is 0. The van der Waals surface area contributed by atoms with Gasteiger partial charge in [0, 0.05) is 15.6 Å². The van der Waals surface area contributed by atoms with Gasteiger partial charge in [0.15, 0.2) is 0 Å². The third-order valence-electron chi connectivity index (χ3n) is 2.61. The summed E-state index contributed by atoms with van der Waals surface area (Å²) in [5.41, 5.74) is 1.04. The first-order valence-corrected chi connectivity index (χ1v) is 6.82. The van der Waals surface area contributed by atoms with Crippen LogP contribution in [0.5, 0.6) is 5.75 Å². The lowest BCUT2D eigenvalue weighted by Crippen LogP contribution is -1.94. The van der Waals surface area contributed by atoms with Crippen molar-refractivity contribution in [1.29, 1.82) is 0 Å². The Bertz CT molecular complexity index is 745. The number of phenolic OH excluding ortho intramolecular Hbond substituents is 1. The molecule has 3 rings (SSSR count). The van der Waals surface area contributed by atoms with Crippen molar-refractivity contribution in [2.75, 3.05) is 0 Å². The van der Waals surface area contributed by atoms with E-state index in [4.69, 9.17) is 0 Å². The lowest BCUT2D eigenvalue weighted by molar-refractivity contribution is 0.473. The number of rotatable bonds is 4. The van der Waals surface area contributed by atoms with Crippen LogP contribution in [0, 0.1) is 0 Å². The van der Waals surface area contributed by atoms with E-state index in [1.165, 1.54) is 47.1 Å². The highest BCUT2D eigenvalue weighted by atomic mass is 79.9. The van der Waals surface area contributed by atoms with Crippen molar-refractivity contribution >= 4 is 28.4 Å². The third-order valence-corrected chi connectivity index (χ3v) is 3.06. The Morgan fingerprint density at radius 3 is 1.68 bits per heavy atom. The fraction of sp³-hybridized carbons (Fsp3) is 0. The van der Waals surface area contributed by atoms with Gasteiger partial charge in [-0.2, -0.15) is 10.2 Å². The molecule has 0 unspecified atom stereocenters. The Morgan fingerprint density at radius 1 is 0.864 bits per heavy atom. The van der Waals surface area contributed by atoms with Crippen LogP contribution in [0.2, 0.25) is 0 Å². The smallest absolute Gasteiger partial charge is 0.141 e. The molecule has 0 bridgehead atoms. The first kappa shape index (κ1) is 14.1. The number of halogens is 1. The molecule has 9 nitrogen and oxygen atoms in total. The van der Waals surface area contributed by atoms with E-state index in [1.807, 2.05) is 0 Å². The fourth-order valence-corrected chi connectivity index (χ4v) is 2.10. The van der Waals surface area contributed by atoms with Crippen molar-refractivity contribution in [3.05, 3.63) is 53.0 Å². The molecular formula is C12H9BrN8O. The second-order valence-electron chi connectivity index (χ2n) is 4.11. The van der Waals surface area contributed by atoms with Crippen molar-refractivity contribution < 1.29 is 5.11 Å². The number of hydrogen-bond donors (Lipinski definition) is 1. The lowest BCUT2D eigenvalue weighted by Gasteiger charge is -2.04. The van der Waals surface area contributed by atoms with E-state index in [9.17, 15) is 5.11 Å². The molecule has 10 heteroatoms. The Labute approximate surface area is 132 Å². The maximum Gasteiger partial charge on any atom is 0.141 e. The molecule has 2 aromatic heterocycles. The minimum absolute atomic E-state index is 0.0526. The topological polar surface area (TPSA) is 106 Å². The molecule has 0 saturated carbocycles. The molecule has 0 saturated heterocycles. The quantitative estimate of drug-likeness (QED) is 0.701. The van der Waals surface area contributed by atoms with E-state index < -0.39 is 0 Å². The average Bonchev–Trinajstić information content (AvgIpc) is 3.19. The van der Waals surface area contributed by atoms with Crippen molar-refractivity contribution in [2.24, 2.45) is 10.2 Å². The molecule has 110 valence electrons. The van der Waals surface area contributed by atoms with Crippen LogP contribution < -0.4 is 0 Å². The summed E-state index contributed by atoms with van der Waals surface area (Å²) in [4.78, 5) is 0. The number of nitrogens with zero attached hydrogens (tertiary/aromatic N) is 8. The van der Waals surface area contributed by atoms with Gasteiger partial charge in [0.1, 0.15) is 31.1 Å². The molecule has 0 aliphatic rings. The fourth-order valence-electron chi connectivity index (χ4n) is 1.61. The zero-order chi connectivity index (χ0) is 15.4. The van der Waals surface area contributed by atoms with E-state index in [-0.39, 0.29) is 5.75 Å². The average molecular weight is 361 g/mol. The Balaban J connectivity index is 1.91. The van der Waals surface area contributed by atoms with Crippen molar-refractivity contribution in [3.8, 4) is 5.75 Å². The van der Waals surface area contributed by atoms with E-state index >= 15 is 0 Å². The van der Waals surface area contributed by atoms with Gasteiger partial charge in [0.25, 0.3) is 0 Å². The number of hydrogen-bond acceptors (Lipinski definition) is 7. The van der Waals surface area contributed by atoms with Crippen LogP contribution in [-0.2, 0) is 0 Å². The van der Waals surface area contributed by atoms with Crippen LogP contribution in [0.1, 0.15) is 11.1 Å². The Hall–Kier alpha value is -2.88. The molecular weight excluding hydrogens is 352 g/mol. The minimum atomic E-state index is 0.0526. The summed E-state index contributed by atoms with van der Waals surface area (Å²) in [5.74, 6) is 0.0526. The van der Waals surface area contributed by atoms with Gasteiger partial charge in [-0.05, 0) is 12.1 Å². The van der Waals surface area contributed by atoms with Gasteiger partial charge >= 0.3 is 0 Å². The second kappa shape index (κ2) is 6.26. The Morgan fingerprint density at radius 2 is 1.27 bits per heavy atom. The summed E-state index contributed by atoms with van der Waals surface area (Å²) in [6.07, 6.45) is 8.78. The van der Waals surface area contributed by atoms with E-state index in [0.29, 0.717) is 11.1 Å². The van der Waals surface area contributed by atoms with Crippen LogP contribution in [0.15, 0.2) is 52.1 Å². The van der Waals surface area contributed by atoms with Gasteiger partial charge in [-0.15, -0.1) is 20.4 Å². The van der Waals surface area contributed by atoms with Crippen LogP contribution in [-0.4, -0.2) is 47.3 Å². The van der Waals surface area contributed by atoms with E-state index in [1.54, 1.807) is 12.1 Å². The predicted molar refractivity (Wildman–Crippen MR) is 81.8 cm³/mol. The van der Waals surface area contributed by atoms with Crippen molar-refractivity contribution in [3.63, 3.8) is 0 Å². The summed E-state index contributed by atoms with van der Waals surface area (Å²) >= 11 is 3.39. The van der Waals surface area contributed by atoms with Gasteiger partial charge in [-0.25, -0.2) is 9.35 Å². The Kier molecular flexibility index (Phi) is 4.01. The molecule has 0 atom stereocenters. The van der Waals surface area contributed by atoms with Gasteiger partial charge in [0.05, 0.1) is 12.4 Å². The molecule has 1 N–H and O–H groups in total. The molecule has 0 amide bonds. The van der Waals surface area contributed by atoms with Gasteiger partial charge in [-0.3, -0.25) is 0 Å². The molecule has 0 fully saturated rings. The number of benzene rings is 1. The molecule has 0 aliphatic heterocycles. The van der Waals surface area contributed by atoms with E-state index in [0.717, 1.165) is 4.47 Å². The summed E-state index contributed by atoms with van der Waals surface area (Å²) in [7, 11) is 0. The van der Waals surface area contributed by atoms with Gasteiger partial charge in [-0.1, -0.05) is 15.9 Å². The van der Waals surface area contributed by atoms with Gasteiger partial charge < -0.3 is 5.11 Å². The SMILES string of the molecule is Oc1c(/C=N/n2cnnc2)cc(Br)cc1/C=N/n1cnnc1. The summed E-state index contributed by atoms with van der Waals surface area (Å²) < 4.78 is 3.62. The zero-order valence-corrected chi connectivity index (χ0v) is 12.6. The van der Waals surface area contributed by atoms with Crippen molar-refractivity contribution in [1.82, 2.24) is 29.7 Å². The number of aromatic nitrogens is 6. The largest absolute Gasteiger partial charge is 0.507 e. The summed E-state index contributed by atoms with van der Waals surface area (Å²) in [6, 6.07) is 3.47. The third kappa shape index (κ3) is 3.23. The highest BCUT2D eigenvalue weighted by Gasteiger charge is 2.06. The van der Waals surface area contributed by atoms with Crippen LogP contribution in [0.4, 0.5) is 0 Å². The molecule has 2 heterocycles. The zero-order valence-electron chi connectivity index (χ0n) is 11.0. The maximum atomic E-state index is 10.3. The van der Waals surface area contributed by atoms with Crippen LogP contribution in [0.3, 0.4) is 0 Å². The lowest BCUT2D eigenvalue weighted by atomic mass is 10.1. The maximum absolute atomic E-state index is 10.3. The highest BCUT2D eigenvalue weighted by Crippen LogP contribution is 2.25. The number of phenols is 1. The molecule has 0 radical (unpaired) electrons. The first-order valence-electron chi connectivity index (χ1n) is 6.03. The molecule has 0 spiro atoms. The normalized spacial score (nSPS) is 11.7. The molecule has 3 aromatic rings. The number of aromatic hydroxyl groups is 1. The molecule has 22 heavy (non-hydrogen) atoms. The second-order valence-corrected chi connectivity index (χ2v) is 5.02. The first-order chi connectivity index (χ1) is 10.7. The molecule has 1 aromatic carbocycles. The monoisotopic (exact) mass is 360 g/mol. The van der Waals surface area contributed by atoms with Gasteiger partial charge in [0.2, 0.25) is 0 Å². The molecule has 0 aliphatic carbocycles. The summed E-state index contributed by atoms with van der Waals surface area (Å²) in [5, 5.41) is 33.1. The highest BCUT2D eigenvalue weighted by molar-refractivity contribution is 9.10. The predicted octanol–water partition coefficient (Wildman–Crippen LogP) is 1.10. The van der Waals surface area contributed by atoms with Crippen LogP contribution >= 0.6 is 15.9 Å². The minimum Gasteiger partial charge on any atom is -0.507 e. The van der Waals surface area contributed by atoms with Crippen LogP contribution in [0.25, 0.3) is 0 Å². The van der Waals surface area contributed by atoms with Crippen molar-refractivity contribution in [2.45, 2.75) is 0 Å². The van der Waals surface area contributed by atoms with E-state index in [2.05, 4.69) is 46.5 Å².